The van der Waals surface area contributed by atoms with Gasteiger partial charge in [0.05, 0.1) is 11.6 Å². The number of rotatable bonds is 2. The van der Waals surface area contributed by atoms with Crippen LogP contribution in [0.5, 0.6) is 0 Å². The average Bonchev–Trinajstić information content (AvgIpc) is 2.55. The summed E-state index contributed by atoms with van der Waals surface area (Å²) < 4.78 is 13.6. The van der Waals surface area contributed by atoms with E-state index in [1.54, 1.807) is 6.92 Å². The fourth-order valence-electron chi connectivity index (χ4n) is 1.73. The van der Waals surface area contributed by atoms with E-state index in [1.165, 1.54) is 6.07 Å². The first-order valence-corrected chi connectivity index (χ1v) is 4.83. The fraction of sp³-hybridized carbons (Fsp3) is 0.182. The molecule has 0 radical (unpaired) electrons. The molecular weight excluding hydrogens is 229 g/mol. The molecular formula is C11H8FNO4. The second-order valence-electron chi connectivity index (χ2n) is 3.77. The molecule has 1 aliphatic rings. The highest BCUT2D eigenvalue weighted by atomic mass is 19.1. The Kier molecular flexibility index (Phi) is 2.42. The number of ketones is 1. The molecule has 1 aliphatic heterocycles. The average molecular weight is 237 g/mol. The lowest BCUT2D eigenvalue weighted by atomic mass is 9.98. The second-order valence-corrected chi connectivity index (χ2v) is 3.77. The van der Waals surface area contributed by atoms with E-state index in [0.717, 1.165) is 6.07 Å². The topological polar surface area (TPSA) is 83.5 Å². The Hall–Kier alpha value is -2.24. The Bertz CT molecular complexity index is 553. The first-order valence-electron chi connectivity index (χ1n) is 4.83. The zero-order valence-corrected chi connectivity index (χ0v) is 8.78. The van der Waals surface area contributed by atoms with Crippen LogP contribution in [0.15, 0.2) is 12.1 Å². The van der Waals surface area contributed by atoms with Gasteiger partial charge >= 0.3 is 5.97 Å². The number of carbonyl (C=O) groups excluding carboxylic acids is 2. The van der Waals surface area contributed by atoms with Crippen molar-refractivity contribution >= 4 is 23.3 Å². The van der Waals surface area contributed by atoms with Crippen molar-refractivity contribution in [2.24, 2.45) is 0 Å². The lowest BCUT2D eigenvalue weighted by Gasteiger charge is -2.04. The molecule has 0 bridgehead atoms. The van der Waals surface area contributed by atoms with Crippen LogP contribution in [0.25, 0.3) is 0 Å². The predicted octanol–water partition coefficient (Wildman–Crippen LogP) is 1.15. The van der Waals surface area contributed by atoms with E-state index in [2.05, 4.69) is 5.32 Å². The summed E-state index contributed by atoms with van der Waals surface area (Å²) in [7, 11) is 0. The van der Waals surface area contributed by atoms with Crippen LogP contribution in [0.2, 0.25) is 0 Å². The van der Waals surface area contributed by atoms with Crippen molar-refractivity contribution in [2.45, 2.75) is 12.8 Å². The number of nitrogens with one attached hydrogen (secondary N) is 1. The van der Waals surface area contributed by atoms with Gasteiger partial charge in [0.1, 0.15) is 5.82 Å². The minimum Gasteiger partial charge on any atom is -0.475 e. The van der Waals surface area contributed by atoms with E-state index in [0.29, 0.717) is 5.56 Å². The standard InChI is InChI=1S/C11H8FNO4/c1-4-6-2-5(9(14)11(16)17)3-7(12)8(6)13-10(4)15/h2-4H,1H3,(H,13,15)(H,16,17). The number of Topliss-reactive ketones (excluding diaryl/α,β-unsaturated/α-hetero) is 1. The quantitative estimate of drug-likeness (QED) is 0.597. The molecule has 0 aliphatic carbocycles. The van der Waals surface area contributed by atoms with Crippen molar-refractivity contribution in [3.05, 3.63) is 29.1 Å². The molecule has 2 rings (SSSR count). The lowest BCUT2D eigenvalue weighted by molar-refractivity contribution is -0.131. The van der Waals surface area contributed by atoms with Crippen molar-refractivity contribution in [1.29, 1.82) is 0 Å². The van der Waals surface area contributed by atoms with E-state index in [-0.39, 0.29) is 17.2 Å². The summed E-state index contributed by atoms with van der Waals surface area (Å²) in [5.74, 6) is -4.63. The molecule has 0 aromatic heterocycles. The normalized spacial score (nSPS) is 17.5. The van der Waals surface area contributed by atoms with Crippen LogP contribution in [0, 0.1) is 5.82 Å². The van der Waals surface area contributed by atoms with Crippen molar-refractivity contribution < 1.29 is 23.9 Å². The Morgan fingerprint density at radius 1 is 1.41 bits per heavy atom. The predicted molar refractivity (Wildman–Crippen MR) is 55.4 cm³/mol. The number of fused-ring (bicyclic) bond motifs is 1. The lowest BCUT2D eigenvalue weighted by Crippen LogP contribution is -2.13. The molecule has 1 heterocycles. The third kappa shape index (κ3) is 1.67. The van der Waals surface area contributed by atoms with Crippen LogP contribution >= 0.6 is 0 Å². The number of anilines is 1. The van der Waals surface area contributed by atoms with Crippen LogP contribution < -0.4 is 5.32 Å². The second kappa shape index (κ2) is 3.65. The minimum atomic E-state index is -1.66. The molecule has 0 fully saturated rings. The molecule has 1 aromatic carbocycles. The van der Waals surface area contributed by atoms with Gasteiger partial charge in [0.2, 0.25) is 5.91 Å². The van der Waals surface area contributed by atoms with Gasteiger partial charge in [-0.2, -0.15) is 0 Å². The molecule has 0 spiro atoms. The highest BCUT2D eigenvalue weighted by Crippen LogP contribution is 2.35. The number of hydrogen-bond acceptors (Lipinski definition) is 3. The smallest absolute Gasteiger partial charge is 0.377 e. The Labute approximate surface area is 95.2 Å². The zero-order valence-electron chi connectivity index (χ0n) is 8.78. The van der Waals surface area contributed by atoms with E-state index < -0.39 is 23.5 Å². The first-order chi connectivity index (χ1) is 7.91. The van der Waals surface area contributed by atoms with Gasteiger partial charge in [-0.1, -0.05) is 0 Å². The highest BCUT2D eigenvalue weighted by molar-refractivity contribution is 6.40. The van der Waals surface area contributed by atoms with Gasteiger partial charge in [0.15, 0.2) is 0 Å². The number of carbonyl (C=O) groups is 3. The maximum Gasteiger partial charge on any atom is 0.377 e. The van der Waals surface area contributed by atoms with Gasteiger partial charge < -0.3 is 10.4 Å². The SMILES string of the molecule is CC1C(=O)Nc2c(F)cc(C(=O)C(=O)O)cc21. The molecule has 1 atom stereocenters. The number of halogens is 1. The molecule has 17 heavy (non-hydrogen) atoms. The Morgan fingerprint density at radius 3 is 2.65 bits per heavy atom. The van der Waals surface area contributed by atoms with E-state index in [1.807, 2.05) is 0 Å². The number of benzene rings is 1. The summed E-state index contributed by atoms with van der Waals surface area (Å²) >= 11 is 0. The van der Waals surface area contributed by atoms with E-state index in [4.69, 9.17) is 5.11 Å². The van der Waals surface area contributed by atoms with Gasteiger partial charge in [-0.3, -0.25) is 9.59 Å². The summed E-state index contributed by atoms with van der Waals surface area (Å²) in [6.45, 7) is 1.55. The number of hydrogen-bond donors (Lipinski definition) is 2. The van der Waals surface area contributed by atoms with Crippen molar-refractivity contribution in [3.63, 3.8) is 0 Å². The van der Waals surface area contributed by atoms with Crippen LogP contribution in [-0.4, -0.2) is 22.8 Å². The third-order valence-electron chi connectivity index (χ3n) is 2.69. The molecule has 1 amide bonds. The summed E-state index contributed by atoms with van der Waals surface area (Å²) in [6.07, 6.45) is 0. The fourth-order valence-corrected chi connectivity index (χ4v) is 1.73. The molecule has 1 unspecified atom stereocenters. The van der Waals surface area contributed by atoms with E-state index in [9.17, 15) is 18.8 Å². The molecule has 2 N–H and O–H groups in total. The van der Waals surface area contributed by atoms with Crippen LogP contribution in [-0.2, 0) is 9.59 Å². The number of aliphatic carboxylic acids is 1. The zero-order chi connectivity index (χ0) is 12.7. The van der Waals surface area contributed by atoms with Gasteiger partial charge in [0, 0.05) is 5.56 Å². The maximum absolute atomic E-state index is 13.6. The van der Waals surface area contributed by atoms with Gasteiger partial charge in [-0.25, -0.2) is 9.18 Å². The molecule has 6 heteroatoms. The first kappa shape index (κ1) is 11.3. The number of carboxylic acids is 1. The Balaban J connectivity index is 2.56. The summed E-state index contributed by atoms with van der Waals surface area (Å²) in [5, 5.41) is 10.9. The summed E-state index contributed by atoms with van der Waals surface area (Å²) in [6, 6.07) is 2.05. The third-order valence-corrected chi connectivity index (χ3v) is 2.69. The van der Waals surface area contributed by atoms with Crippen LogP contribution in [0.1, 0.15) is 28.8 Å². The molecule has 5 nitrogen and oxygen atoms in total. The summed E-state index contributed by atoms with van der Waals surface area (Å²) in [4.78, 5) is 33.0. The summed E-state index contributed by atoms with van der Waals surface area (Å²) in [5.41, 5.74) is 0.0566. The largest absolute Gasteiger partial charge is 0.475 e. The van der Waals surface area contributed by atoms with Crippen LogP contribution in [0.4, 0.5) is 10.1 Å². The minimum absolute atomic E-state index is 0.0180. The van der Waals surface area contributed by atoms with E-state index >= 15 is 0 Å². The molecule has 0 saturated heterocycles. The maximum atomic E-state index is 13.6. The van der Waals surface area contributed by atoms with Gasteiger partial charge in [-0.05, 0) is 24.6 Å². The molecule has 88 valence electrons. The number of carboxylic acid groups (broad SMARTS) is 1. The van der Waals surface area contributed by atoms with Gasteiger partial charge in [0.25, 0.3) is 5.78 Å². The van der Waals surface area contributed by atoms with Crippen molar-refractivity contribution in [1.82, 2.24) is 0 Å². The van der Waals surface area contributed by atoms with Crippen molar-refractivity contribution in [2.75, 3.05) is 5.32 Å². The van der Waals surface area contributed by atoms with Gasteiger partial charge in [-0.15, -0.1) is 0 Å². The highest BCUT2D eigenvalue weighted by Gasteiger charge is 2.31. The number of amides is 1. The molecule has 0 saturated carbocycles. The van der Waals surface area contributed by atoms with Crippen LogP contribution in [0.3, 0.4) is 0 Å². The Morgan fingerprint density at radius 2 is 2.06 bits per heavy atom. The molecule has 1 aromatic rings. The van der Waals surface area contributed by atoms with Crippen molar-refractivity contribution in [3.8, 4) is 0 Å². The monoisotopic (exact) mass is 237 g/mol.